The van der Waals surface area contributed by atoms with Gasteiger partial charge in [0.1, 0.15) is 5.76 Å². The minimum absolute atomic E-state index is 0.0718. The minimum Gasteiger partial charge on any atom is -0.493 e. The van der Waals surface area contributed by atoms with Gasteiger partial charge in [0.25, 0.3) is 0 Å². The maximum absolute atomic E-state index is 13.8. The van der Waals surface area contributed by atoms with Crippen LogP contribution in [0.15, 0.2) is 49.3 Å². The Morgan fingerprint density at radius 1 is 1.26 bits per heavy atom. The molecule has 0 saturated carbocycles. The van der Waals surface area contributed by atoms with Gasteiger partial charge in [0.15, 0.2) is 17.2 Å². The largest absolute Gasteiger partial charge is 0.493 e. The normalized spacial score (nSPS) is 11.0. The van der Waals surface area contributed by atoms with E-state index in [1.807, 2.05) is 6.07 Å². The highest BCUT2D eigenvalue weighted by Gasteiger charge is 2.32. The van der Waals surface area contributed by atoms with Gasteiger partial charge in [0, 0.05) is 29.4 Å². The minimum atomic E-state index is -1.35. The van der Waals surface area contributed by atoms with Crippen molar-refractivity contribution in [2.24, 2.45) is 0 Å². The quantitative estimate of drug-likeness (QED) is 0.352. The molecule has 1 aromatic carbocycles. The second kappa shape index (κ2) is 9.37. The predicted octanol–water partition coefficient (Wildman–Crippen LogP) is 4.65. The summed E-state index contributed by atoms with van der Waals surface area (Å²) in [5.74, 6) is -0.831. The Morgan fingerprint density at radius 2 is 2.00 bits per heavy atom. The van der Waals surface area contributed by atoms with Crippen molar-refractivity contribution in [3.8, 4) is 5.75 Å². The molecule has 144 valence electrons. The molecule has 0 aliphatic carbocycles. The van der Waals surface area contributed by atoms with Gasteiger partial charge in [-0.15, -0.1) is 0 Å². The van der Waals surface area contributed by atoms with Crippen LogP contribution in [0.5, 0.6) is 5.75 Å². The molecule has 0 N–H and O–H groups in total. The zero-order valence-corrected chi connectivity index (χ0v) is 16.0. The summed E-state index contributed by atoms with van der Waals surface area (Å²) in [5.41, 5.74) is -0.566. The highest BCUT2D eigenvalue weighted by Crippen LogP contribution is 2.25. The van der Waals surface area contributed by atoms with Crippen LogP contribution >= 0.6 is 11.6 Å². The lowest BCUT2D eigenvalue weighted by molar-refractivity contribution is -0.159. The van der Waals surface area contributed by atoms with Crippen LogP contribution in [0.3, 0.4) is 0 Å². The van der Waals surface area contributed by atoms with E-state index in [-0.39, 0.29) is 17.4 Å². The summed E-state index contributed by atoms with van der Waals surface area (Å²) < 4.78 is 30.0. The Morgan fingerprint density at radius 3 is 2.67 bits per heavy atom. The number of ether oxygens (including phenoxy) is 3. The number of carbonyl (C=O) groups is 1. The van der Waals surface area contributed by atoms with Crippen LogP contribution in [0, 0.1) is 5.82 Å². The van der Waals surface area contributed by atoms with Gasteiger partial charge >= 0.3 is 5.97 Å². The standard InChI is InChI=1S/C20H21ClFNO4/c1-14(15-6-4-9-23-13-15)25-10-5-11-26-19(24)20(2,3)27-18-8-7-16(21)12-17(18)22/h4,6-9,12-13H,1,5,10-11H2,2-3H3. The Balaban J connectivity index is 1.75. The lowest BCUT2D eigenvalue weighted by Crippen LogP contribution is -2.40. The Labute approximate surface area is 162 Å². The van der Waals surface area contributed by atoms with Crippen molar-refractivity contribution in [3.05, 3.63) is 65.7 Å². The van der Waals surface area contributed by atoms with E-state index in [0.717, 1.165) is 11.6 Å². The third-order valence-corrected chi connectivity index (χ3v) is 3.77. The van der Waals surface area contributed by atoms with Gasteiger partial charge in [0.2, 0.25) is 0 Å². The van der Waals surface area contributed by atoms with Gasteiger partial charge in [-0.05, 0) is 44.2 Å². The van der Waals surface area contributed by atoms with Gasteiger partial charge < -0.3 is 14.2 Å². The molecule has 0 spiro atoms. The van der Waals surface area contributed by atoms with E-state index < -0.39 is 17.4 Å². The summed E-state index contributed by atoms with van der Waals surface area (Å²) in [6.45, 7) is 7.29. The number of carbonyl (C=O) groups excluding carboxylic acids is 1. The monoisotopic (exact) mass is 393 g/mol. The molecule has 0 bridgehead atoms. The molecule has 0 aliphatic heterocycles. The summed E-state index contributed by atoms with van der Waals surface area (Å²) in [6, 6.07) is 7.59. The average molecular weight is 394 g/mol. The fourth-order valence-electron chi connectivity index (χ4n) is 2.08. The number of aromatic nitrogens is 1. The van der Waals surface area contributed by atoms with Crippen LogP contribution in [-0.4, -0.2) is 29.8 Å². The van der Waals surface area contributed by atoms with Crippen LogP contribution in [0.4, 0.5) is 4.39 Å². The number of halogens is 2. The van der Waals surface area contributed by atoms with Crippen molar-refractivity contribution in [1.29, 1.82) is 0 Å². The molecule has 7 heteroatoms. The number of hydrogen-bond acceptors (Lipinski definition) is 5. The first-order valence-corrected chi connectivity index (χ1v) is 8.71. The fourth-order valence-corrected chi connectivity index (χ4v) is 2.24. The number of esters is 1. The van der Waals surface area contributed by atoms with Crippen molar-refractivity contribution in [3.63, 3.8) is 0 Å². The zero-order chi connectivity index (χ0) is 19.9. The summed E-state index contributed by atoms with van der Waals surface area (Å²) in [7, 11) is 0. The molecule has 0 fully saturated rings. The number of pyridine rings is 1. The lowest BCUT2D eigenvalue weighted by atomic mass is 10.1. The molecule has 0 aliphatic rings. The van der Waals surface area contributed by atoms with Crippen molar-refractivity contribution in [2.45, 2.75) is 25.9 Å². The fraction of sp³-hybridized carbons (Fsp3) is 0.300. The summed E-state index contributed by atoms with van der Waals surface area (Å²) in [6.07, 6.45) is 3.78. The van der Waals surface area contributed by atoms with E-state index in [4.69, 9.17) is 25.8 Å². The van der Waals surface area contributed by atoms with Gasteiger partial charge in [0.05, 0.1) is 13.2 Å². The first-order chi connectivity index (χ1) is 12.8. The Hall–Kier alpha value is -2.60. The van der Waals surface area contributed by atoms with Gasteiger partial charge in [-0.25, -0.2) is 9.18 Å². The molecule has 1 aromatic heterocycles. The zero-order valence-electron chi connectivity index (χ0n) is 15.2. The topological polar surface area (TPSA) is 57.7 Å². The van der Waals surface area contributed by atoms with Crippen molar-refractivity contribution >= 4 is 23.3 Å². The molecule has 0 atom stereocenters. The number of nitrogens with zero attached hydrogens (tertiary/aromatic N) is 1. The van der Waals surface area contributed by atoms with Crippen LogP contribution in [0.25, 0.3) is 5.76 Å². The lowest BCUT2D eigenvalue weighted by Gasteiger charge is -2.24. The van der Waals surface area contributed by atoms with Crippen LogP contribution in [0.1, 0.15) is 25.8 Å². The second-order valence-electron chi connectivity index (χ2n) is 6.19. The highest BCUT2D eigenvalue weighted by atomic mass is 35.5. The average Bonchev–Trinajstić information content (AvgIpc) is 2.64. The van der Waals surface area contributed by atoms with E-state index in [1.54, 1.807) is 18.5 Å². The second-order valence-corrected chi connectivity index (χ2v) is 6.63. The number of benzene rings is 1. The van der Waals surface area contributed by atoms with E-state index in [0.29, 0.717) is 18.8 Å². The highest BCUT2D eigenvalue weighted by molar-refractivity contribution is 6.30. The van der Waals surface area contributed by atoms with Crippen molar-refractivity contribution in [1.82, 2.24) is 4.98 Å². The van der Waals surface area contributed by atoms with Crippen LogP contribution < -0.4 is 4.74 Å². The third-order valence-electron chi connectivity index (χ3n) is 3.53. The third kappa shape index (κ3) is 6.25. The molecule has 1 heterocycles. The Bertz CT molecular complexity index is 796. The molecule has 2 aromatic rings. The van der Waals surface area contributed by atoms with Gasteiger partial charge in [-0.1, -0.05) is 18.2 Å². The molecule has 0 saturated heterocycles. The summed E-state index contributed by atoms with van der Waals surface area (Å²) in [5, 5.41) is 0.244. The van der Waals surface area contributed by atoms with Crippen molar-refractivity contribution in [2.75, 3.05) is 13.2 Å². The maximum atomic E-state index is 13.8. The van der Waals surface area contributed by atoms with Gasteiger partial charge in [-0.3, -0.25) is 4.98 Å². The summed E-state index contributed by atoms with van der Waals surface area (Å²) >= 11 is 5.70. The summed E-state index contributed by atoms with van der Waals surface area (Å²) in [4.78, 5) is 16.2. The molecule has 2 rings (SSSR count). The first kappa shape index (κ1) is 20.7. The SMILES string of the molecule is C=C(OCCCOC(=O)C(C)(C)Oc1ccc(Cl)cc1F)c1cccnc1. The van der Waals surface area contributed by atoms with E-state index >= 15 is 0 Å². The van der Waals surface area contributed by atoms with E-state index in [1.165, 1.54) is 26.0 Å². The molecule has 0 amide bonds. The van der Waals surface area contributed by atoms with Gasteiger partial charge in [-0.2, -0.15) is 0 Å². The molecule has 27 heavy (non-hydrogen) atoms. The molecular formula is C20H21ClFNO4. The first-order valence-electron chi connectivity index (χ1n) is 8.33. The van der Waals surface area contributed by atoms with Crippen LogP contribution in [-0.2, 0) is 14.3 Å². The maximum Gasteiger partial charge on any atom is 0.349 e. The number of hydrogen-bond donors (Lipinski definition) is 0. The van der Waals surface area contributed by atoms with Crippen molar-refractivity contribution < 1.29 is 23.4 Å². The van der Waals surface area contributed by atoms with Crippen LogP contribution in [0.2, 0.25) is 5.02 Å². The molecule has 5 nitrogen and oxygen atoms in total. The van der Waals surface area contributed by atoms with E-state index in [2.05, 4.69) is 11.6 Å². The molecule has 0 radical (unpaired) electrons. The predicted molar refractivity (Wildman–Crippen MR) is 101 cm³/mol. The van der Waals surface area contributed by atoms with E-state index in [9.17, 15) is 9.18 Å². The number of rotatable bonds is 9. The smallest absolute Gasteiger partial charge is 0.349 e. The molecule has 0 unspecified atom stereocenters. The molecular weight excluding hydrogens is 373 g/mol. The Kier molecular flexibility index (Phi) is 7.19.